The quantitative estimate of drug-likeness (QED) is 0.611. The number of hydrogen-bond donors (Lipinski definition) is 2. The molecule has 0 rings (SSSR count). The summed E-state index contributed by atoms with van der Waals surface area (Å²) in [5.41, 5.74) is 0. The van der Waals surface area contributed by atoms with Crippen molar-refractivity contribution in [2.24, 2.45) is 0 Å². The van der Waals surface area contributed by atoms with Crippen LogP contribution in [0.5, 0.6) is 0 Å². The smallest absolute Gasteiger partial charge is 0.0512 e. The maximum Gasteiger partial charge on any atom is 0.0512 e. The summed E-state index contributed by atoms with van der Waals surface area (Å²) in [6.07, 6.45) is 7.17. The fourth-order valence-electron chi connectivity index (χ4n) is 1.15. The average Bonchev–Trinajstić information content (AvgIpc) is 2.18. The minimum Gasteiger partial charge on any atom is -0.393 e. The summed E-state index contributed by atoms with van der Waals surface area (Å²) < 4.78 is 0. The van der Waals surface area contributed by atoms with Crippen molar-refractivity contribution >= 4 is 0 Å². The van der Waals surface area contributed by atoms with Crippen LogP contribution in [0.4, 0.5) is 0 Å². The SMILES string of the molecule is CCCC(C)O.CCCCNCCCC. The molecule has 0 aromatic heterocycles. The van der Waals surface area contributed by atoms with Crippen LogP contribution in [-0.4, -0.2) is 24.3 Å². The fraction of sp³-hybridized carbons (Fsp3) is 1.00. The largest absolute Gasteiger partial charge is 0.393 e. The van der Waals surface area contributed by atoms with Crippen LogP contribution in [0.15, 0.2) is 0 Å². The summed E-state index contributed by atoms with van der Waals surface area (Å²) in [7, 11) is 0. The van der Waals surface area contributed by atoms with Crippen molar-refractivity contribution in [1.82, 2.24) is 5.32 Å². The molecule has 0 aliphatic rings. The first-order valence-electron chi connectivity index (χ1n) is 6.57. The molecule has 0 fully saturated rings. The maximum atomic E-state index is 8.55. The molecule has 15 heavy (non-hydrogen) atoms. The number of rotatable bonds is 8. The van der Waals surface area contributed by atoms with E-state index in [-0.39, 0.29) is 6.10 Å². The minimum atomic E-state index is -0.102. The lowest BCUT2D eigenvalue weighted by molar-refractivity contribution is 0.183. The number of unbranched alkanes of at least 4 members (excludes halogenated alkanes) is 2. The third-order valence-electron chi connectivity index (χ3n) is 2.12. The monoisotopic (exact) mass is 217 g/mol. The molecule has 0 aromatic rings. The molecule has 1 unspecified atom stereocenters. The standard InChI is InChI=1S/C8H19N.C5H12O/c1-3-5-7-9-8-6-4-2;1-3-4-5(2)6/h9H,3-8H2,1-2H3;5-6H,3-4H2,1-2H3. The molecule has 0 spiro atoms. The molecule has 0 heterocycles. The molecule has 2 heteroatoms. The molecule has 0 saturated heterocycles. The van der Waals surface area contributed by atoms with Crippen LogP contribution in [0.3, 0.4) is 0 Å². The summed E-state index contributed by atoms with van der Waals surface area (Å²) in [6.45, 7) is 10.7. The normalized spacial score (nSPS) is 11.8. The zero-order chi connectivity index (χ0) is 11.9. The van der Waals surface area contributed by atoms with Crippen LogP contribution in [0, 0.1) is 0 Å². The van der Waals surface area contributed by atoms with Crippen molar-refractivity contribution in [2.45, 2.75) is 72.3 Å². The summed E-state index contributed by atoms with van der Waals surface area (Å²) >= 11 is 0. The van der Waals surface area contributed by atoms with Crippen LogP contribution in [-0.2, 0) is 0 Å². The maximum absolute atomic E-state index is 8.55. The lowest BCUT2D eigenvalue weighted by Crippen LogP contribution is -2.15. The van der Waals surface area contributed by atoms with E-state index in [1.807, 2.05) is 6.92 Å². The van der Waals surface area contributed by atoms with Gasteiger partial charge in [0, 0.05) is 0 Å². The molecule has 0 aromatic carbocycles. The molecule has 94 valence electrons. The Hall–Kier alpha value is -0.0800. The molecule has 0 saturated carbocycles. The summed E-state index contributed by atoms with van der Waals surface area (Å²) in [5.74, 6) is 0. The van der Waals surface area contributed by atoms with Crippen LogP contribution >= 0.6 is 0 Å². The Morgan fingerprint density at radius 2 is 1.40 bits per heavy atom. The number of aliphatic hydroxyl groups is 1. The molecule has 0 amide bonds. The number of hydrogen-bond acceptors (Lipinski definition) is 2. The molecule has 2 nitrogen and oxygen atoms in total. The van der Waals surface area contributed by atoms with Gasteiger partial charge in [-0.05, 0) is 39.3 Å². The van der Waals surface area contributed by atoms with Gasteiger partial charge in [-0.25, -0.2) is 0 Å². The van der Waals surface area contributed by atoms with Gasteiger partial charge in [-0.15, -0.1) is 0 Å². The lowest BCUT2D eigenvalue weighted by atomic mass is 10.2. The Morgan fingerprint density at radius 1 is 0.933 bits per heavy atom. The van der Waals surface area contributed by atoms with Crippen molar-refractivity contribution < 1.29 is 5.11 Å². The van der Waals surface area contributed by atoms with Gasteiger partial charge in [-0.1, -0.05) is 40.0 Å². The van der Waals surface area contributed by atoms with Gasteiger partial charge in [0.25, 0.3) is 0 Å². The third-order valence-corrected chi connectivity index (χ3v) is 2.12. The van der Waals surface area contributed by atoms with Crippen molar-refractivity contribution in [3.63, 3.8) is 0 Å². The molecule has 0 aliphatic carbocycles. The van der Waals surface area contributed by atoms with Crippen LogP contribution in [0.1, 0.15) is 66.2 Å². The predicted molar refractivity (Wildman–Crippen MR) is 69.3 cm³/mol. The van der Waals surface area contributed by atoms with E-state index in [1.54, 1.807) is 0 Å². The van der Waals surface area contributed by atoms with Gasteiger partial charge in [0.15, 0.2) is 0 Å². The molecular formula is C13H31NO. The van der Waals surface area contributed by atoms with E-state index in [9.17, 15) is 0 Å². The van der Waals surface area contributed by atoms with Gasteiger partial charge in [0.1, 0.15) is 0 Å². The number of nitrogens with one attached hydrogen (secondary N) is 1. The fourth-order valence-corrected chi connectivity index (χ4v) is 1.15. The second-order valence-corrected chi connectivity index (χ2v) is 4.09. The van der Waals surface area contributed by atoms with Gasteiger partial charge < -0.3 is 10.4 Å². The first kappa shape index (κ1) is 17.3. The van der Waals surface area contributed by atoms with Crippen LogP contribution in [0.2, 0.25) is 0 Å². The number of aliphatic hydroxyl groups excluding tert-OH is 1. The highest BCUT2D eigenvalue weighted by molar-refractivity contribution is 4.45. The topological polar surface area (TPSA) is 32.3 Å². The molecule has 0 bridgehead atoms. The van der Waals surface area contributed by atoms with E-state index in [2.05, 4.69) is 26.1 Å². The van der Waals surface area contributed by atoms with Crippen molar-refractivity contribution in [3.05, 3.63) is 0 Å². The molecular weight excluding hydrogens is 186 g/mol. The zero-order valence-corrected chi connectivity index (χ0v) is 11.2. The van der Waals surface area contributed by atoms with E-state index >= 15 is 0 Å². The molecule has 0 radical (unpaired) electrons. The summed E-state index contributed by atoms with van der Waals surface area (Å²) in [6, 6.07) is 0. The molecule has 0 aliphatic heterocycles. The van der Waals surface area contributed by atoms with E-state index in [0.717, 1.165) is 12.8 Å². The van der Waals surface area contributed by atoms with Gasteiger partial charge in [-0.2, -0.15) is 0 Å². The van der Waals surface area contributed by atoms with Gasteiger partial charge in [0.2, 0.25) is 0 Å². The van der Waals surface area contributed by atoms with Crippen molar-refractivity contribution in [3.8, 4) is 0 Å². The summed E-state index contributed by atoms with van der Waals surface area (Å²) in [4.78, 5) is 0. The van der Waals surface area contributed by atoms with Gasteiger partial charge >= 0.3 is 0 Å². The van der Waals surface area contributed by atoms with E-state index in [0.29, 0.717) is 0 Å². The Kier molecular flexibility index (Phi) is 18.9. The first-order valence-corrected chi connectivity index (χ1v) is 6.57. The lowest BCUT2D eigenvalue weighted by Gasteiger charge is -1.99. The first-order chi connectivity index (χ1) is 7.18. The highest BCUT2D eigenvalue weighted by Crippen LogP contribution is 1.91. The van der Waals surface area contributed by atoms with Crippen molar-refractivity contribution in [1.29, 1.82) is 0 Å². The van der Waals surface area contributed by atoms with E-state index < -0.39 is 0 Å². The molecule has 1 atom stereocenters. The zero-order valence-electron chi connectivity index (χ0n) is 11.2. The summed E-state index contributed by atoms with van der Waals surface area (Å²) in [5, 5.41) is 11.9. The Labute approximate surface area is 96.5 Å². The van der Waals surface area contributed by atoms with E-state index in [1.165, 1.54) is 38.8 Å². The van der Waals surface area contributed by atoms with Crippen LogP contribution < -0.4 is 5.32 Å². The van der Waals surface area contributed by atoms with Gasteiger partial charge in [0.05, 0.1) is 6.10 Å². The Morgan fingerprint density at radius 3 is 1.60 bits per heavy atom. The predicted octanol–water partition coefficient (Wildman–Crippen LogP) is 3.34. The highest BCUT2D eigenvalue weighted by Gasteiger charge is 1.87. The Bertz CT molecular complexity index is 88.5. The van der Waals surface area contributed by atoms with Crippen molar-refractivity contribution in [2.75, 3.05) is 13.1 Å². The second kappa shape index (κ2) is 16.4. The highest BCUT2D eigenvalue weighted by atomic mass is 16.3. The van der Waals surface area contributed by atoms with Gasteiger partial charge in [-0.3, -0.25) is 0 Å². The average molecular weight is 217 g/mol. The Balaban J connectivity index is 0. The van der Waals surface area contributed by atoms with Crippen LogP contribution in [0.25, 0.3) is 0 Å². The third kappa shape index (κ3) is 24.9. The molecule has 2 N–H and O–H groups in total. The minimum absolute atomic E-state index is 0.102. The second-order valence-electron chi connectivity index (χ2n) is 4.09. The van der Waals surface area contributed by atoms with E-state index in [4.69, 9.17) is 5.11 Å².